The molecule has 5 rings (SSSR count). The summed E-state index contributed by atoms with van der Waals surface area (Å²) in [6.07, 6.45) is -5.54. The maximum absolute atomic E-state index is 15.0. The number of aromatic nitrogens is 2. The van der Waals surface area contributed by atoms with Crippen molar-refractivity contribution in [3.8, 4) is 22.6 Å². The van der Waals surface area contributed by atoms with Crippen LogP contribution < -0.4 is 21.2 Å². The third kappa shape index (κ3) is 8.16. The summed E-state index contributed by atoms with van der Waals surface area (Å²) < 4.78 is 80.3. The van der Waals surface area contributed by atoms with Crippen LogP contribution in [0, 0.1) is 15.9 Å². The fourth-order valence-electron chi connectivity index (χ4n) is 4.88. The molecule has 0 bridgehead atoms. The van der Waals surface area contributed by atoms with E-state index in [0.29, 0.717) is 15.7 Å². The van der Waals surface area contributed by atoms with E-state index in [1.807, 2.05) is 0 Å². The van der Waals surface area contributed by atoms with E-state index in [0.717, 1.165) is 18.3 Å². The first-order valence-electron chi connectivity index (χ1n) is 14.7. The molecular formula is C31H31F3N5O9P. The number of hydrogen-bond donors (Lipinski definition) is 3. The third-order valence-electron chi connectivity index (χ3n) is 7.20. The summed E-state index contributed by atoms with van der Waals surface area (Å²) in [5.41, 5.74) is 5.07. The van der Waals surface area contributed by atoms with E-state index in [1.165, 1.54) is 30.3 Å². The molecule has 4 unspecified atom stereocenters. The number of nitrogen functional groups attached to an aromatic ring is 1. The van der Waals surface area contributed by atoms with Crippen molar-refractivity contribution in [3.05, 3.63) is 111 Å². The highest BCUT2D eigenvalue weighted by atomic mass is 31.2. The number of nitro benzene ring substituents is 1. The van der Waals surface area contributed by atoms with E-state index in [1.54, 1.807) is 44.2 Å². The summed E-state index contributed by atoms with van der Waals surface area (Å²) >= 11 is 0. The summed E-state index contributed by atoms with van der Waals surface area (Å²) in [6.45, 7) is 1.93. The predicted octanol–water partition coefficient (Wildman–Crippen LogP) is 5.57. The summed E-state index contributed by atoms with van der Waals surface area (Å²) in [6, 6.07) is 16.7. The van der Waals surface area contributed by atoms with Crippen molar-refractivity contribution in [3.63, 3.8) is 0 Å². The zero-order chi connectivity index (χ0) is 35.5. The minimum atomic E-state index is -4.31. The highest BCUT2D eigenvalue weighted by Gasteiger charge is 2.60. The number of halogens is 3. The number of alkyl halides is 2. The summed E-state index contributed by atoms with van der Waals surface area (Å²) in [5.74, 6) is -4.57. The molecule has 18 heteroatoms. The van der Waals surface area contributed by atoms with Gasteiger partial charge in [-0.05, 0) is 61.4 Å². The Bertz CT molecular complexity index is 1930. The van der Waals surface area contributed by atoms with Crippen molar-refractivity contribution < 1.29 is 46.3 Å². The molecule has 0 aliphatic carbocycles. The first kappa shape index (κ1) is 35.7. The number of ether oxygens (including phenoxy) is 2. The lowest BCUT2D eigenvalue weighted by atomic mass is 10.1. The van der Waals surface area contributed by atoms with Gasteiger partial charge in [-0.25, -0.2) is 18.8 Å². The first-order chi connectivity index (χ1) is 23.2. The van der Waals surface area contributed by atoms with Crippen molar-refractivity contribution in [1.82, 2.24) is 14.6 Å². The van der Waals surface area contributed by atoms with E-state index in [-0.39, 0.29) is 28.6 Å². The van der Waals surface area contributed by atoms with Crippen LogP contribution in [0.1, 0.15) is 25.6 Å². The minimum absolute atomic E-state index is 0.180. The highest BCUT2D eigenvalue weighted by Crippen LogP contribution is 2.48. The average Bonchev–Trinajstić information content (AvgIpc) is 3.27. The molecule has 1 aromatic heterocycles. The second-order valence-corrected chi connectivity index (χ2v) is 13.0. The molecule has 0 amide bonds. The number of nitro groups is 1. The normalized spacial score (nSPS) is 19.9. The van der Waals surface area contributed by atoms with E-state index < -0.39 is 67.8 Å². The molecule has 1 saturated heterocycles. The van der Waals surface area contributed by atoms with Gasteiger partial charge in [-0.3, -0.25) is 23.7 Å². The highest BCUT2D eigenvalue weighted by molar-refractivity contribution is 7.51. The fraction of sp³-hybridized carbons (Fsp3) is 0.290. The maximum Gasteiger partial charge on any atom is 0.406 e. The molecule has 0 radical (unpaired) electrons. The van der Waals surface area contributed by atoms with Gasteiger partial charge >= 0.3 is 25.0 Å². The summed E-state index contributed by atoms with van der Waals surface area (Å²) in [5, 5.41) is 24.7. The summed E-state index contributed by atoms with van der Waals surface area (Å²) in [4.78, 5) is 26.6. The quantitative estimate of drug-likeness (QED) is 0.0893. The van der Waals surface area contributed by atoms with Crippen molar-refractivity contribution in [2.24, 2.45) is 0 Å². The maximum atomic E-state index is 15.0. The predicted molar refractivity (Wildman–Crippen MR) is 169 cm³/mol. The van der Waals surface area contributed by atoms with Crippen LogP contribution in [-0.2, 0) is 25.0 Å². The Balaban J connectivity index is 1.29. The Morgan fingerprint density at radius 1 is 1.14 bits per heavy atom. The standard InChI is InChI=1S/C31H31F3N5O9P/c1-18(2)37-49(44,46-17-26-28(40)31(33,34)29(48-26)38-14-13-27(35)36-30(38)41)45-16-19-7-12-24(39(42)43)25(15-19)47-21-10-8-20(9-11-21)22-5-3-4-6-23(22)32/h3-15,18,26,28-29,40H,16-17H2,1-2H3,(H,37,44)(H2,35,36,41). The number of nitrogens with one attached hydrogen (secondary N) is 1. The second-order valence-electron chi connectivity index (χ2n) is 11.2. The van der Waals surface area contributed by atoms with Gasteiger partial charge in [0.25, 0.3) is 0 Å². The SMILES string of the molecule is CC(C)NP(=O)(OCc1ccc([N+](=O)[O-])c(Oc2ccc(-c3ccccc3F)cc2)c1)OCC1OC(n2ccc(N)nc2=O)C(F)(F)C1O. The van der Waals surface area contributed by atoms with E-state index >= 15 is 0 Å². The topological polar surface area (TPSA) is 190 Å². The molecule has 0 spiro atoms. The minimum Gasteiger partial charge on any atom is -0.450 e. The van der Waals surface area contributed by atoms with E-state index in [4.69, 9.17) is 24.3 Å². The third-order valence-corrected chi connectivity index (χ3v) is 8.99. The molecule has 1 aliphatic heterocycles. The van der Waals surface area contributed by atoms with Gasteiger partial charge in [-0.15, -0.1) is 0 Å². The van der Waals surface area contributed by atoms with Crippen LogP contribution in [0.3, 0.4) is 0 Å². The molecule has 1 fully saturated rings. The number of aliphatic hydroxyl groups excluding tert-OH is 1. The monoisotopic (exact) mass is 705 g/mol. The Kier molecular flexibility index (Phi) is 10.5. The zero-order valence-corrected chi connectivity index (χ0v) is 26.8. The van der Waals surface area contributed by atoms with Crippen LogP contribution in [0.4, 0.5) is 24.7 Å². The van der Waals surface area contributed by atoms with Gasteiger partial charge in [0.1, 0.15) is 23.5 Å². The number of anilines is 1. The van der Waals surface area contributed by atoms with Crippen LogP contribution in [0.5, 0.6) is 11.5 Å². The smallest absolute Gasteiger partial charge is 0.406 e. The Hall–Kier alpha value is -4.64. The lowest BCUT2D eigenvalue weighted by Gasteiger charge is -2.23. The van der Waals surface area contributed by atoms with Gasteiger partial charge in [0.05, 0.1) is 18.1 Å². The summed E-state index contributed by atoms with van der Waals surface area (Å²) in [7, 11) is -4.31. The van der Waals surface area contributed by atoms with Crippen LogP contribution in [0.15, 0.2) is 83.8 Å². The van der Waals surface area contributed by atoms with Crippen molar-refractivity contribution >= 4 is 19.3 Å². The molecule has 4 N–H and O–H groups in total. The second kappa shape index (κ2) is 14.5. The number of aliphatic hydroxyl groups is 1. The van der Waals surface area contributed by atoms with Gasteiger partial charge in [-0.1, -0.05) is 30.3 Å². The number of nitrogens with zero attached hydrogens (tertiary/aromatic N) is 3. The molecular weight excluding hydrogens is 674 g/mol. The zero-order valence-electron chi connectivity index (χ0n) is 25.9. The Labute approximate surface area is 276 Å². The number of nitrogens with two attached hydrogens (primary N) is 1. The molecule has 49 heavy (non-hydrogen) atoms. The molecule has 260 valence electrons. The first-order valence-corrected chi connectivity index (χ1v) is 16.2. The average molecular weight is 706 g/mol. The van der Waals surface area contributed by atoms with Crippen LogP contribution in [0.2, 0.25) is 0 Å². The molecule has 1 aliphatic rings. The van der Waals surface area contributed by atoms with Crippen LogP contribution in [0.25, 0.3) is 11.1 Å². The lowest BCUT2D eigenvalue weighted by molar-refractivity contribution is -0.385. The molecule has 3 aromatic carbocycles. The van der Waals surface area contributed by atoms with Gasteiger partial charge in [0.2, 0.25) is 12.0 Å². The van der Waals surface area contributed by atoms with Crippen molar-refractivity contribution in [2.75, 3.05) is 12.3 Å². The van der Waals surface area contributed by atoms with Crippen LogP contribution in [-0.4, -0.2) is 50.4 Å². The molecule has 4 aromatic rings. The van der Waals surface area contributed by atoms with Gasteiger partial charge in [0.15, 0.2) is 6.10 Å². The number of benzene rings is 3. The van der Waals surface area contributed by atoms with Gasteiger partial charge in [0, 0.05) is 23.9 Å². The molecule has 0 saturated carbocycles. The van der Waals surface area contributed by atoms with Crippen molar-refractivity contribution in [1.29, 1.82) is 0 Å². The molecule has 4 atom stereocenters. The lowest BCUT2D eigenvalue weighted by Crippen LogP contribution is -2.42. The largest absolute Gasteiger partial charge is 0.450 e. The number of rotatable bonds is 13. The van der Waals surface area contributed by atoms with Crippen LogP contribution >= 0.6 is 7.75 Å². The van der Waals surface area contributed by atoms with E-state index in [9.17, 15) is 37.8 Å². The Morgan fingerprint density at radius 2 is 1.86 bits per heavy atom. The Morgan fingerprint density at radius 3 is 2.51 bits per heavy atom. The molecule has 14 nitrogen and oxygen atoms in total. The van der Waals surface area contributed by atoms with Gasteiger partial charge < -0.3 is 20.3 Å². The fourth-order valence-corrected chi connectivity index (χ4v) is 6.39. The van der Waals surface area contributed by atoms with Gasteiger partial charge in [-0.2, -0.15) is 13.8 Å². The number of hydrogen-bond acceptors (Lipinski definition) is 11. The van der Waals surface area contributed by atoms with Crippen molar-refractivity contribution in [2.45, 2.75) is 50.9 Å². The van der Waals surface area contributed by atoms with E-state index in [2.05, 4.69) is 10.1 Å². The molecule has 2 heterocycles.